The molecule has 1 aromatic heterocycles. The van der Waals surface area contributed by atoms with Gasteiger partial charge in [0.25, 0.3) is 0 Å². The number of carbonyl (C=O) groups excluding carboxylic acids is 1. The standard InChI is InChI=1S/C13H20N2O4/c16-12(17)7-5-3-1-2-4-6-8-13(18)19-15-10-9-14-11-15/h9-11H,1-8H2,(H,16,17). The van der Waals surface area contributed by atoms with Gasteiger partial charge in [0.1, 0.15) is 6.33 Å². The van der Waals surface area contributed by atoms with Gasteiger partial charge in [-0.25, -0.2) is 9.78 Å². The second-order valence-electron chi connectivity index (χ2n) is 4.40. The smallest absolute Gasteiger partial charge is 0.332 e. The maximum absolute atomic E-state index is 11.4. The third-order valence-electron chi connectivity index (χ3n) is 2.71. The largest absolute Gasteiger partial charge is 0.481 e. The van der Waals surface area contributed by atoms with Gasteiger partial charge in [-0.05, 0) is 12.8 Å². The maximum Gasteiger partial charge on any atom is 0.332 e. The molecule has 0 aliphatic rings. The van der Waals surface area contributed by atoms with Crippen molar-refractivity contribution >= 4 is 11.9 Å². The van der Waals surface area contributed by atoms with E-state index in [0.717, 1.165) is 38.5 Å². The van der Waals surface area contributed by atoms with Gasteiger partial charge in [-0.15, -0.1) is 0 Å². The molecule has 6 nitrogen and oxygen atoms in total. The van der Waals surface area contributed by atoms with E-state index in [4.69, 9.17) is 9.94 Å². The summed E-state index contributed by atoms with van der Waals surface area (Å²) in [5.74, 6) is -0.994. The first-order chi connectivity index (χ1) is 9.18. The second-order valence-corrected chi connectivity index (χ2v) is 4.40. The lowest BCUT2D eigenvalue weighted by atomic mass is 10.1. The van der Waals surface area contributed by atoms with E-state index in [1.807, 2.05) is 0 Å². The van der Waals surface area contributed by atoms with Crippen LogP contribution in [0.25, 0.3) is 0 Å². The Balaban J connectivity index is 1.90. The van der Waals surface area contributed by atoms with Crippen LogP contribution in [-0.2, 0) is 9.59 Å². The highest BCUT2D eigenvalue weighted by Gasteiger charge is 2.04. The maximum atomic E-state index is 11.4. The number of nitrogens with zero attached hydrogens (tertiary/aromatic N) is 2. The molecule has 0 radical (unpaired) electrons. The van der Waals surface area contributed by atoms with E-state index in [2.05, 4.69) is 4.98 Å². The fourth-order valence-corrected chi connectivity index (χ4v) is 1.72. The molecular weight excluding hydrogens is 248 g/mol. The zero-order chi connectivity index (χ0) is 13.9. The molecule has 0 aromatic carbocycles. The highest BCUT2D eigenvalue weighted by atomic mass is 16.7. The first kappa shape index (κ1) is 15.2. The third kappa shape index (κ3) is 7.96. The Morgan fingerprint density at radius 3 is 2.26 bits per heavy atom. The fourth-order valence-electron chi connectivity index (χ4n) is 1.72. The van der Waals surface area contributed by atoms with Crippen LogP contribution in [0.4, 0.5) is 0 Å². The lowest BCUT2D eigenvalue weighted by molar-refractivity contribution is -0.144. The van der Waals surface area contributed by atoms with Gasteiger partial charge >= 0.3 is 11.9 Å². The normalized spacial score (nSPS) is 10.3. The minimum absolute atomic E-state index is 0.247. The summed E-state index contributed by atoms with van der Waals surface area (Å²) in [7, 11) is 0. The third-order valence-corrected chi connectivity index (χ3v) is 2.71. The molecule has 1 N–H and O–H groups in total. The molecule has 1 rings (SSSR count). The molecule has 1 heterocycles. The van der Waals surface area contributed by atoms with Crippen molar-refractivity contribution in [1.82, 2.24) is 9.71 Å². The van der Waals surface area contributed by atoms with Gasteiger partial charge in [-0.1, -0.05) is 25.7 Å². The van der Waals surface area contributed by atoms with E-state index in [1.54, 1.807) is 12.4 Å². The minimum Gasteiger partial charge on any atom is -0.481 e. The van der Waals surface area contributed by atoms with Crippen molar-refractivity contribution in [3.05, 3.63) is 18.7 Å². The van der Waals surface area contributed by atoms with Crippen LogP contribution in [0.15, 0.2) is 18.7 Å². The molecular formula is C13H20N2O4. The Morgan fingerprint density at radius 1 is 1.05 bits per heavy atom. The average Bonchev–Trinajstić information content (AvgIpc) is 2.85. The SMILES string of the molecule is O=C(O)CCCCCCCCC(=O)On1ccnc1. The molecule has 0 spiro atoms. The molecule has 0 aliphatic heterocycles. The fraction of sp³-hybridized carbons (Fsp3) is 0.615. The lowest BCUT2D eigenvalue weighted by Gasteiger charge is -2.03. The van der Waals surface area contributed by atoms with Crippen LogP contribution in [0.5, 0.6) is 0 Å². The van der Waals surface area contributed by atoms with Gasteiger partial charge < -0.3 is 9.94 Å². The molecule has 0 atom stereocenters. The number of imidazole rings is 1. The number of carbonyl (C=O) groups is 2. The summed E-state index contributed by atoms with van der Waals surface area (Å²) in [6, 6.07) is 0. The summed E-state index contributed by atoms with van der Waals surface area (Å²) in [6.07, 6.45) is 10.7. The van der Waals surface area contributed by atoms with Crippen LogP contribution in [0.1, 0.15) is 51.4 Å². The van der Waals surface area contributed by atoms with E-state index in [9.17, 15) is 9.59 Å². The number of unbranched alkanes of at least 4 members (excludes halogenated alkanes) is 5. The van der Waals surface area contributed by atoms with Crippen molar-refractivity contribution in [3.8, 4) is 0 Å². The van der Waals surface area contributed by atoms with Crippen molar-refractivity contribution < 1.29 is 19.5 Å². The Morgan fingerprint density at radius 2 is 1.68 bits per heavy atom. The molecule has 106 valence electrons. The molecule has 0 bridgehead atoms. The Labute approximate surface area is 112 Å². The molecule has 0 unspecified atom stereocenters. The summed E-state index contributed by atoms with van der Waals surface area (Å²) in [5.41, 5.74) is 0. The van der Waals surface area contributed by atoms with Crippen LogP contribution >= 0.6 is 0 Å². The van der Waals surface area contributed by atoms with Crippen LogP contribution in [-0.4, -0.2) is 26.8 Å². The van der Waals surface area contributed by atoms with Crippen molar-refractivity contribution in [3.63, 3.8) is 0 Å². The molecule has 0 saturated carbocycles. The molecule has 6 heteroatoms. The van der Waals surface area contributed by atoms with Crippen molar-refractivity contribution in [2.45, 2.75) is 51.4 Å². The summed E-state index contributed by atoms with van der Waals surface area (Å²) < 4.78 is 1.29. The first-order valence-corrected chi connectivity index (χ1v) is 6.59. The van der Waals surface area contributed by atoms with Crippen molar-refractivity contribution in [2.24, 2.45) is 0 Å². The molecule has 0 aliphatic carbocycles. The summed E-state index contributed by atoms with van der Waals surface area (Å²) in [6.45, 7) is 0. The number of hydrogen-bond donors (Lipinski definition) is 1. The summed E-state index contributed by atoms with van der Waals surface area (Å²) >= 11 is 0. The number of carboxylic acids is 1. The van der Waals surface area contributed by atoms with E-state index in [1.165, 1.54) is 11.1 Å². The zero-order valence-electron chi connectivity index (χ0n) is 11.0. The summed E-state index contributed by atoms with van der Waals surface area (Å²) in [5, 5.41) is 8.46. The molecule has 1 aromatic rings. The number of aliphatic carboxylic acids is 1. The van der Waals surface area contributed by atoms with Crippen LogP contribution in [0.2, 0.25) is 0 Å². The quantitative estimate of drug-likeness (QED) is 0.657. The van der Waals surface area contributed by atoms with Crippen molar-refractivity contribution in [2.75, 3.05) is 0 Å². The van der Waals surface area contributed by atoms with E-state index < -0.39 is 5.97 Å². The zero-order valence-corrected chi connectivity index (χ0v) is 11.0. The Hall–Kier alpha value is -1.85. The number of carboxylic acid groups (broad SMARTS) is 1. The molecule has 0 amide bonds. The van der Waals surface area contributed by atoms with Gasteiger partial charge in [0.15, 0.2) is 0 Å². The van der Waals surface area contributed by atoms with E-state index in [0.29, 0.717) is 6.42 Å². The van der Waals surface area contributed by atoms with E-state index in [-0.39, 0.29) is 12.4 Å². The lowest BCUT2D eigenvalue weighted by Crippen LogP contribution is -2.17. The Bertz CT molecular complexity index is 376. The minimum atomic E-state index is -0.734. The average molecular weight is 268 g/mol. The van der Waals surface area contributed by atoms with Gasteiger partial charge in [-0.3, -0.25) is 4.79 Å². The topological polar surface area (TPSA) is 81.4 Å². The van der Waals surface area contributed by atoms with Gasteiger partial charge in [0.05, 0.1) is 6.20 Å². The van der Waals surface area contributed by atoms with E-state index >= 15 is 0 Å². The van der Waals surface area contributed by atoms with Gasteiger partial charge in [0, 0.05) is 19.0 Å². The van der Waals surface area contributed by atoms with Crippen LogP contribution < -0.4 is 4.84 Å². The summed E-state index contributed by atoms with van der Waals surface area (Å²) in [4.78, 5) is 30.4. The van der Waals surface area contributed by atoms with Crippen molar-refractivity contribution in [1.29, 1.82) is 0 Å². The number of hydrogen-bond acceptors (Lipinski definition) is 4. The predicted octanol–water partition coefficient (Wildman–Crippen LogP) is 2.04. The monoisotopic (exact) mass is 268 g/mol. The van der Waals surface area contributed by atoms with Gasteiger partial charge in [0.2, 0.25) is 0 Å². The molecule has 0 saturated heterocycles. The predicted molar refractivity (Wildman–Crippen MR) is 68.4 cm³/mol. The molecule has 19 heavy (non-hydrogen) atoms. The Kier molecular flexibility index (Phi) is 7.31. The molecule has 0 fully saturated rings. The van der Waals surface area contributed by atoms with Crippen LogP contribution in [0, 0.1) is 0 Å². The first-order valence-electron chi connectivity index (χ1n) is 6.59. The van der Waals surface area contributed by atoms with Crippen LogP contribution in [0.3, 0.4) is 0 Å². The highest BCUT2D eigenvalue weighted by Crippen LogP contribution is 2.08. The second kappa shape index (κ2) is 9.13. The number of aromatic nitrogens is 2. The highest BCUT2D eigenvalue weighted by molar-refractivity contribution is 5.69. The number of rotatable bonds is 10. The van der Waals surface area contributed by atoms with Gasteiger partial charge in [-0.2, -0.15) is 4.73 Å².